The zero-order valence-electron chi connectivity index (χ0n) is 12.0. The molecule has 0 radical (unpaired) electrons. The summed E-state index contributed by atoms with van der Waals surface area (Å²) in [5.74, 6) is -0.357. The van der Waals surface area contributed by atoms with E-state index >= 15 is 0 Å². The number of hydrogen-bond donors (Lipinski definition) is 3. The van der Waals surface area contributed by atoms with E-state index in [9.17, 15) is 9.59 Å². The van der Waals surface area contributed by atoms with Crippen molar-refractivity contribution in [2.24, 2.45) is 0 Å². The molecule has 0 spiro atoms. The molecule has 1 aromatic rings. The first-order valence-corrected chi connectivity index (χ1v) is 7.02. The minimum Gasteiger partial charge on any atom is -0.385 e. The molecule has 108 valence electrons. The monoisotopic (exact) mass is 275 g/mol. The molecular formula is C15H21N3O2. The fourth-order valence-electron chi connectivity index (χ4n) is 1.95. The Kier molecular flexibility index (Phi) is 4.61. The standard InChI is InChI=1S/C15H21N3O2/c1-3-16-13-8-10(2)4-7-12(13)15(20)17-9-14(19)18-11-5-6-11/h4,7-8,11,16H,3,5-6,9H2,1-2H3,(H,17,20)(H,18,19). The van der Waals surface area contributed by atoms with Gasteiger partial charge in [-0.05, 0) is 44.4 Å². The van der Waals surface area contributed by atoms with Gasteiger partial charge in [0.15, 0.2) is 0 Å². The number of hydrogen-bond acceptors (Lipinski definition) is 3. The van der Waals surface area contributed by atoms with Crippen LogP contribution in [0.4, 0.5) is 5.69 Å². The predicted molar refractivity (Wildman–Crippen MR) is 78.8 cm³/mol. The Labute approximate surface area is 119 Å². The minimum absolute atomic E-state index is 0.0226. The Balaban J connectivity index is 1.95. The molecule has 1 aliphatic rings. The lowest BCUT2D eigenvalue weighted by molar-refractivity contribution is -0.120. The van der Waals surface area contributed by atoms with Crippen molar-refractivity contribution in [3.63, 3.8) is 0 Å². The molecule has 5 nitrogen and oxygen atoms in total. The van der Waals surface area contributed by atoms with E-state index < -0.39 is 0 Å². The Hall–Kier alpha value is -2.04. The zero-order valence-corrected chi connectivity index (χ0v) is 12.0. The van der Waals surface area contributed by atoms with Crippen LogP contribution in [-0.4, -0.2) is 30.9 Å². The Morgan fingerprint density at radius 2 is 2.05 bits per heavy atom. The molecule has 0 heterocycles. The number of anilines is 1. The van der Waals surface area contributed by atoms with Gasteiger partial charge in [-0.1, -0.05) is 6.07 Å². The van der Waals surface area contributed by atoms with Crippen LogP contribution in [0, 0.1) is 6.92 Å². The van der Waals surface area contributed by atoms with Gasteiger partial charge in [-0.2, -0.15) is 0 Å². The van der Waals surface area contributed by atoms with Crippen molar-refractivity contribution in [3.8, 4) is 0 Å². The van der Waals surface area contributed by atoms with E-state index in [1.807, 2.05) is 26.0 Å². The Bertz CT molecular complexity index is 510. The molecule has 20 heavy (non-hydrogen) atoms. The molecule has 2 rings (SSSR count). The molecule has 1 saturated carbocycles. The highest BCUT2D eigenvalue weighted by Crippen LogP contribution is 2.18. The van der Waals surface area contributed by atoms with E-state index in [-0.39, 0.29) is 18.4 Å². The molecule has 2 amide bonds. The summed E-state index contributed by atoms with van der Waals surface area (Å²) in [5.41, 5.74) is 2.45. The van der Waals surface area contributed by atoms with Gasteiger partial charge in [-0.3, -0.25) is 9.59 Å². The molecule has 0 saturated heterocycles. The molecule has 1 aliphatic carbocycles. The van der Waals surface area contributed by atoms with E-state index in [0.717, 1.165) is 30.6 Å². The van der Waals surface area contributed by atoms with Gasteiger partial charge in [0.25, 0.3) is 5.91 Å². The van der Waals surface area contributed by atoms with Crippen LogP contribution in [0.1, 0.15) is 35.7 Å². The second-order valence-electron chi connectivity index (χ2n) is 5.10. The first kappa shape index (κ1) is 14.4. The van der Waals surface area contributed by atoms with E-state index in [2.05, 4.69) is 16.0 Å². The summed E-state index contributed by atoms with van der Waals surface area (Å²) < 4.78 is 0. The minimum atomic E-state index is -0.230. The molecule has 0 aromatic heterocycles. The lowest BCUT2D eigenvalue weighted by Crippen LogP contribution is -2.38. The Morgan fingerprint density at radius 3 is 2.70 bits per heavy atom. The largest absolute Gasteiger partial charge is 0.385 e. The highest BCUT2D eigenvalue weighted by molar-refractivity contribution is 6.01. The van der Waals surface area contributed by atoms with Crippen LogP contribution in [0.25, 0.3) is 0 Å². The highest BCUT2D eigenvalue weighted by atomic mass is 16.2. The SMILES string of the molecule is CCNc1cc(C)ccc1C(=O)NCC(=O)NC1CC1. The quantitative estimate of drug-likeness (QED) is 0.735. The van der Waals surface area contributed by atoms with Crippen molar-refractivity contribution in [2.75, 3.05) is 18.4 Å². The second-order valence-corrected chi connectivity index (χ2v) is 5.10. The molecule has 0 unspecified atom stereocenters. The van der Waals surface area contributed by atoms with Crippen molar-refractivity contribution < 1.29 is 9.59 Å². The molecule has 0 aliphatic heterocycles. The molecular weight excluding hydrogens is 254 g/mol. The first-order valence-electron chi connectivity index (χ1n) is 7.02. The summed E-state index contributed by atoms with van der Waals surface area (Å²) in [7, 11) is 0. The number of carbonyl (C=O) groups is 2. The van der Waals surface area contributed by atoms with Crippen LogP contribution < -0.4 is 16.0 Å². The van der Waals surface area contributed by atoms with Crippen molar-refractivity contribution in [3.05, 3.63) is 29.3 Å². The van der Waals surface area contributed by atoms with Crippen molar-refractivity contribution >= 4 is 17.5 Å². The maximum Gasteiger partial charge on any atom is 0.253 e. The highest BCUT2D eigenvalue weighted by Gasteiger charge is 2.23. The summed E-state index contributed by atoms with van der Waals surface area (Å²) >= 11 is 0. The number of carbonyl (C=O) groups excluding carboxylic acids is 2. The molecule has 0 bridgehead atoms. The average molecular weight is 275 g/mol. The van der Waals surface area contributed by atoms with Gasteiger partial charge in [0.1, 0.15) is 0 Å². The average Bonchev–Trinajstić information content (AvgIpc) is 3.20. The first-order chi connectivity index (χ1) is 9.60. The summed E-state index contributed by atoms with van der Waals surface area (Å²) in [4.78, 5) is 23.7. The van der Waals surface area contributed by atoms with Crippen LogP contribution in [0.15, 0.2) is 18.2 Å². The molecule has 3 N–H and O–H groups in total. The molecule has 1 fully saturated rings. The van der Waals surface area contributed by atoms with Gasteiger partial charge < -0.3 is 16.0 Å². The van der Waals surface area contributed by atoms with Gasteiger partial charge in [0, 0.05) is 18.3 Å². The summed E-state index contributed by atoms with van der Waals surface area (Å²) in [5, 5.41) is 8.67. The third-order valence-electron chi connectivity index (χ3n) is 3.14. The lowest BCUT2D eigenvalue weighted by Gasteiger charge is -2.12. The number of amides is 2. The molecule has 0 atom stereocenters. The van der Waals surface area contributed by atoms with Gasteiger partial charge in [-0.25, -0.2) is 0 Å². The summed E-state index contributed by atoms with van der Waals surface area (Å²) in [6.07, 6.45) is 2.09. The maximum absolute atomic E-state index is 12.1. The van der Waals surface area contributed by atoms with Crippen LogP contribution in [0.2, 0.25) is 0 Å². The summed E-state index contributed by atoms with van der Waals surface area (Å²) in [6, 6.07) is 5.92. The van der Waals surface area contributed by atoms with Crippen molar-refractivity contribution in [1.29, 1.82) is 0 Å². The van der Waals surface area contributed by atoms with Gasteiger partial charge in [-0.15, -0.1) is 0 Å². The van der Waals surface area contributed by atoms with E-state index in [4.69, 9.17) is 0 Å². The van der Waals surface area contributed by atoms with Gasteiger partial charge in [0.2, 0.25) is 5.91 Å². The van der Waals surface area contributed by atoms with Crippen molar-refractivity contribution in [2.45, 2.75) is 32.7 Å². The predicted octanol–water partition coefficient (Wildman–Crippen LogP) is 1.44. The number of aryl methyl sites for hydroxylation is 1. The van der Waals surface area contributed by atoms with Crippen LogP contribution in [0.5, 0.6) is 0 Å². The topological polar surface area (TPSA) is 70.2 Å². The molecule has 5 heteroatoms. The lowest BCUT2D eigenvalue weighted by atomic mass is 10.1. The number of rotatable bonds is 6. The Morgan fingerprint density at radius 1 is 1.30 bits per heavy atom. The van der Waals surface area contributed by atoms with E-state index in [1.54, 1.807) is 6.07 Å². The maximum atomic E-state index is 12.1. The second kappa shape index (κ2) is 6.41. The van der Waals surface area contributed by atoms with Gasteiger partial charge >= 0.3 is 0 Å². The number of nitrogens with one attached hydrogen (secondary N) is 3. The van der Waals surface area contributed by atoms with E-state index in [1.165, 1.54) is 0 Å². The number of benzene rings is 1. The van der Waals surface area contributed by atoms with E-state index in [0.29, 0.717) is 11.6 Å². The third kappa shape index (κ3) is 3.98. The fraction of sp³-hybridized carbons (Fsp3) is 0.467. The third-order valence-corrected chi connectivity index (χ3v) is 3.14. The normalized spacial score (nSPS) is 13.7. The zero-order chi connectivity index (χ0) is 14.5. The smallest absolute Gasteiger partial charge is 0.253 e. The van der Waals surface area contributed by atoms with Gasteiger partial charge in [0.05, 0.1) is 12.1 Å². The van der Waals surface area contributed by atoms with Crippen molar-refractivity contribution in [1.82, 2.24) is 10.6 Å². The van der Waals surface area contributed by atoms with Crippen LogP contribution in [0.3, 0.4) is 0 Å². The molecule has 1 aromatic carbocycles. The van der Waals surface area contributed by atoms with Crippen LogP contribution in [-0.2, 0) is 4.79 Å². The fourth-order valence-corrected chi connectivity index (χ4v) is 1.95. The van der Waals surface area contributed by atoms with Crippen LogP contribution >= 0.6 is 0 Å². The summed E-state index contributed by atoms with van der Waals surface area (Å²) in [6.45, 7) is 4.72.